The highest BCUT2D eigenvalue weighted by molar-refractivity contribution is 6.20. The van der Waals surface area contributed by atoms with Gasteiger partial charge in [0.05, 0.1) is 6.61 Å². The molecule has 0 bridgehead atoms. The van der Waals surface area contributed by atoms with Gasteiger partial charge in [0.15, 0.2) is 0 Å². The van der Waals surface area contributed by atoms with E-state index in [1.165, 1.54) is 57.8 Å². The predicted octanol–water partition coefficient (Wildman–Crippen LogP) is 3.45. The predicted molar refractivity (Wildman–Crippen MR) is 108 cm³/mol. The SMILES string of the molecule is O=C(O)COCCN1CCN(C(C2CCCCC2)C2CCC(Cl)CC2)CC1. The van der Waals surface area contributed by atoms with E-state index in [-0.39, 0.29) is 6.61 Å². The molecule has 3 fully saturated rings. The molecule has 156 valence electrons. The first-order chi connectivity index (χ1) is 13.1. The molecule has 1 aliphatic heterocycles. The summed E-state index contributed by atoms with van der Waals surface area (Å²) in [4.78, 5) is 15.8. The minimum absolute atomic E-state index is 0.188. The fourth-order valence-corrected chi connectivity index (χ4v) is 5.77. The van der Waals surface area contributed by atoms with Crippen LogP contribution in [0.25, 0.3) is 0 Å². The second-order valence-electron chi connectivity index (χ2n) is 8.72. The monoisotopic (exact) mass is 400 g/mol. The van der Waals surface area contributed by atoms with Gasteiger partial charge < -0.3 is 9.84 Å². The maximum absolute atomic E-state index is 10.5. The average Bonchev–Trinajstić information content (AvgIpc) is 2.69. The molecule has 2 aliphatic carbocycles. The van der Waals surface area contributed by atoms with Crippen molar-refractivity contribution in [2.75, 3.05) is 45.9 Å². The molecule has 27 heavy (non-hydrogen) atoms. The molecule has 0 aromatic heterocycles. The molecular weight excluding hydrogens is 364 g/mol. The van der Waals surface area contributed by atoms with Crippen molar-refractivity contribution in [2.24, 2.45) is 11.8 Å². The van der Waals surface area contributed by atoms with E-state index in [2.05, 4.69) is 9.80 Å². The van der Waals surface area contributed by atoms with Gasteiger partial charge in [-0.2, -0.15) is 0 Å². The number of carboxylic acid groups (broad SMARTS) is 1. The highest BCUT2D eigenvalue weighted by atomic mass is 35.5. The van der Waals surface area contributed by atoms with E-state index in [4.69, 9.17) is 21.4 Å². The molecule has 2 saturated carbocycles. The summed E-state index contributed by atoms with van der Waals surface area (Å²) in [6, 6.07) is 0.750. The molecule has 1 atom stereocenters. The lowest BCUT2D eigenvalue weighted by Gasteiger charge is -2.48. The number of halogens is 1. The summed E-state index contributed by atoms with van der Waals surface area (Å²) in [5.74, 6) is 0.816. The van der Waals surface area contributed by atoms with E-state index >= 15 is 0 Å². The highest BCUT2D eigenvalue weighted by Crippen LogP contribution is 2.39. The van der Waals surface area contributed by atoms with E-state index in [1.807, 2.05) is 0 Å². The average molecular weight is 401 g/mol. The van der Waals surface area contributed by atoms with Gasteiger partial charge in [-0.25, -0.2) is 4.79 Å². The third kappa shape index (κ3) is 6.59. The van der Waals surface area contributed by atoms with Crippen LogP contribution in [0.5, 0.6) is 0 Å². The lowest BCUT2D eigenvalue weighted by atomic mass is 9.73. The van der Waals surface area contributed by atoms with Crippen LogP contribution < -0.4 is 0 Å². The molecule has 1 saturated heterocycles. The number of nitrogens with zero attached hydrogens (tertiary/aromatic N) is 2. The number of carbonyl (C=O) groups is 1. The van der Waals surface area contributed by atoms with Gasteiger partial charge in [0.25, 0.3) is 0 Å². The van der Waals surface area contributed by atoms with Crippen molar-refractivity contribution in [2.45, 2.75) is 69.2 Å². The zero-order valence-electron chi connectivity index (χ0n) is 16.7. The summed E-state index contributed by atoms with van der Waals surface area (Å²) < 4.78 is 5.21. The number of alkyl halides is 1. The van der Waals surface area contributed by atoms with Gasteiger partial charge in [0.2, 0.25) is 0 Å². The van der Waals surface area contributed by atoms with E-state index in [0.29, 0.717) is 12.0 Å². The van der Waals surface area contributed by atoms with Crippen LogP contribution in [-0.2, 0) is 9.53 Å². The van der Waals surface area contributed by atoms with Crippen LogP contribution in [0.3, 0.4) is 0 Å². The van der Waals surface area contributed by atoms with Crippen LogP contribution in [0.2, 0.25) is 0 Å². The van der Waals surface area contributed by atoms with E-state index < -0.39 is 5.97 Å². The molecule has 3 aliphatic rings. The fraction of sp³-hybridized carbons (Fsp3) is 0.952. The van der Waals surface area contributed by atoms with Crippen molar-refractivity contribution in [1.29, 1.82) is 0 Å². The fourth-order valence-electron chi connectivity index (χ4n) is 5.52. The third-order valence-corrected chi connectivity index (χ3v) is 7.36. The minimum atomic E-state index is -0.887. The van der Waals surface area contributed by atoms with Crippen LogP contribution in [0, 0.1) is 11.8 Å². The molecule has 0 aromatic rings. The summed E-state index contributed by atoms with van der Waals surface area (Å²) in [5, 5.41) is 9.06. The van der Waals surface area contributed by atoms with Crippen molar-refractivity contribution in [1.82, 2.24) is 9.80 Å². The molecule has 0 aromatic carbocycles. The number of hydrogen-bond acceptors (Lipinski definition) is 4. The Balaban J connectivity index is 1.50. The Morgan fingerprint density at radius 2 is 1.59 bits per heavy atom. The standard InChI is InChI=1S/C21H37ClN2O3/c22-19-8-6-18(7-9-19)21(17-4-2-1-3-5-17)24-12-10-23(11-13-24)14-15-27-16-20(25)26/h17-19,21H,1-16H2,(H,25,26). The topological polar surface area (TPSA) is 53.0 Å². The maximum Gasteiger partial charge on any atom is 0.329 e. The van der Waals surface area contributed by atoms with Crippen LogP contribution in [0.1, 0.15) is 57.8 Å². The van der Waals surface area contributed by atoms with Gasteiger partial charge in [0, 0.05) is 44.1 Å². The zero-order valence-corrected chi connectivity index (χ0v) is 17.4. The van der Waals surface area contributed by atoms with Crippen molar-refractivity contribution >= 4 is 17.6 Å². The lowest BCUT2D eigenvalue weighted by molar-refractivity contribution is -0.142. The Morgan fingerprint density at radius 1 is 0.963 bits per heavy atom. The van der Waals surface area contributed by atoms with E-state index in [9.17, 15) is 4.79 Å². The maximum atomic E-state index is 10.5. The number of rotatable bonds is 8. The molecule has 1 unspecified atom stereocenters. The van der Waals surface area contributed by atoms with Crippen molar-refractivity contribution < 1.29 is 14.6 Å². The molecule has 5 nitrogen and oxygen atoms in total. The van der Waals surface area contributed by atoms with E-state index in [1.54, 1.807) is 0 Å². The van der Waals surface area contributed by atoms with Gasteiger partial charge in [-0.3, -0.25) is 9.80 Å². The molecule has 0 spiro atoms. The van der Waals surface area contributed by atoms with Gasteiger partial charge >= 0.3 is 5.97 Å². The lowest BCUT2D eigenvalue weighted by Crippen LogP contribution is -2.55. The number of aliphatic carboxylic acids is 1. The number of hydrogen-bond donors (Lipinski definition) is 1. The zero-order chi connectivity index (χ0) is 19.1. The summed E-state index contributed by atoms with van der Waals surface area (Å²) in [5.41, 5.74) is 0. The normalized spacial score (nSPS) is 30.3. The van der Waals surface area contributed by atoms with Crippen LogP contribution in [0.4, 0.5) is 0 Å². The largest absolute Gasteiger partial charge is 0.480 e. The first-order valence-corrected chi connectivity index (χ1v) is 11.5. The Bertz CT molecular complexity index is 443. The van der Waals surface area contributed by atoms with Crippen LogP contribution >= 0.6 is 11.6 Å². The first kappa shape index (κ1) is 21.4. The second kappa shape index (κ2) is 11.0. The Labute approximate surface area is 169 Å². The Hall–Kier alpha value is -0.360. The molecule has 3 rings (SSSR count). The minimum Gasteiger partial charge on any atom is -0.480 e. The summed E-state index contributed by atoms with van der Waals surface area (Å²) >= 11 is 6.39. The third-order valence-electron chi connectivity index (χ3n) is 6.92. The van der Waals surface area contributed by atoms with Gasteiger partial charge in [-0.05, 0) is 50.4 Å². The van der Waals surface area contributed by atoms with Gasteiger partial charge in [-0.15, -0.1) is 11.6 Å². The molecule has 1 N–H and O–H groups in total. The Kier molecular flexibility index (Phi) is 8.69. The molecule has 6 heteroatoms. The van der Waals surface area contributed by atoms with Crippen molar-refractivity contribution in [3.05, 3.63) is 0 Å². The summed E-state index contributed by atoms with van der Waals surface area (Å²) in [7, 11) is 0. The molecule has 0 amide bonds. The number of piperazine rings is 1. The molecule has 0 radical (unpaired) electrons. The quantitative estimate of drug-likeness (QED) is 0.499. The van der Waals surface area contributed by atoms with Crippen LogP contribution in [0.15, 0.2) is 0 Å². The number of ether oxygens (including phenoxy) is 1. The second-order valence-corrected chi connectivity index (χ2v) is 9.34. The van der Waals surface area contributed by atoms with Crippen molar-refractivity contribution in [3.8, 4) is 0 Å². The first-order valence-electron chi connectivity index (χ1n) is 11.0. The molecular formula is C21H37ClN2O3. The van der Waals surface area contributed by atoms with E-state index in [0.717, 1.165) is 50.6 Å². The number of carboxylic acids is 1. The van der Waals surface area contributed by atoms with Crippen LogP contribution in [-0.4, -0.2) is 78.2 Å². The van der Waals surface area contributed by atoms with Crippen molar-refractivity contribution in [3.63, 3.8) is 0 Å². The molecule has 1 heterocycles. The smallest absolute Gasteiger partial charge is 0.329 e. The highest BCUT2D eigenvalue weighted by Gasteiger charge is 2.37. The summed E-state index contributed by atoms with van der Waals surface area (Å²) in [6.07, 6.45) is 12.1. The van der Waals surface area contributed by atoms with Gasteiger partial charge in [-0.1, -0.05) is 19.3 Å². The summed E-state index contributed by atoms with van der Waals surface area (Å²) in [6.45, 7) is 5.59. The Morgan fingerprint density at radius 3 is 2.22 bits per heavy atom. The van der Waals surface area contributed by atoms with Gasteiger partial charge in [0.1, 0.15) is 6.61 Å².